The van der Waals surface area contributed by atoms with E-state index in [2.05, 4.69) is 25.1 Å². The molecular weight excluding hydrogens is 408 g/mol. The Morgan fingerprint density at radius 2 is 1.97 bits per heavy atom. The number of nitrogens with zero attached hydrogens (tertiary/aromatic N) is 2. The van der Waals surface area contributed by atoms with Gasteiger partial charge in [-0.1, -0.05) is 41.6 Å². The van der Waals surface area contributed by atoms with Gasteiger partial charge in [0.1, 0.15) is 11.5 Å². The van der Waals surface area contributed by atoms with Gasteiger partial charge in [-0.3, -0.25) is 4.99 Å². The topological polar surface area (TPSA) is 68.2 Å². The third-order valence-electron chi connectivity index (χ3n) is 5.20. The molecule has 154 valence electrons. The second-order valence-corrected chi connectivity index (χ2v) is 10.4. The number of hydrogen-bond acceptors (Lipinski definition) is 7. The SMILES string of the molecule is COc1ccc(OC)c(N2C(SCc3cccc(C)c3)=N[C@@H]3CS(=O)(=O)C[C@H]32)c1. The maximum atomic E-state index is 12.3. The van der Waals surface area contributed by atoms with Gasteiger partial charge in [0, 0.05) is 11.8 Å². The van der Waals surface area contributed by atoms with Crippen molar-refractivity contribution in [2.24, 2.45) is 4.99 Å². The molecule has 2 aliphatic heterocycles. The van der Waals surface area contributed by atoms with E-state index in [1.165, 1.54) is 11.1 Å². The predicted molar refractivity (Wildman–Crippen MR) is 118 cm³/mol. The van der Waals surface area contributed by atoms with Crippen molar-refractivity contribution >= 4 is 32.5 Å². The Labute approximate surface area is 175 Å². The van der Waals surface area contributed by atoms with E-state index in [4.69, 9.17) is 14.5 Å². The molecule has 0 unspecified atom stereocenters. The summed E-state index contributed by atoms with van der Waals surface area (Å²) in [7, 11) is 0.115. The highest BCUT2D eigenvalue weighted by molar-refractivity contribution is 8.13. The fraction of sp³-hybridized carbons (Fsp3) is 0.381. The number of ether oxygens (including phenoxy) is 2. The predicted octanol–water partition coefficient (Wildman–Crippen LogP) is 3.29. The third-order valence-corrected chi connectivity index (χ3v) is 7.94. The normalized spacial score (nSPS) is 22.3. The summed E-state index contributed by atoms with van der Waals surface area (Å²) in [5.74, 6) is 2.30. The fourth-order valence-electron chi connectivity index (χ4n) is 3.85. The molecular formula is C21H24N2O4S2. The van der Waals surface area contributed by atoms with Crippen molar-refractivity contribution in [2.45, 2.75) is 24.8 Å². The van der Waals surface area contributed by atoms with Crippen molar-refractivity contribution in [3.8, 4) is 11.5 Å². The first kappa shape index (κ1) is 20.1. The molecule has 0 N–H and O–H groups in total. The molecule has 1 saturated heterocycles. The van der Waals surface area contributed by atoms with Crippen LogP contribution in [-0.2, 0) is 15.6 Å². The van der Waals surface area contributed by atoms with E-state index in [0.29, 0.717) is 11.5 Å². The number of aliphatic imine (C=N–C) groups is 1. The molecule has 2 heterocycles. The van der Waals surface area contributed by atoms with Crippen molar-refractivity contribution in [2.75, 3.05) is 30.6 Å². The van der Waals surface area contributed by atoms with E-state index in [9.17, 15) is 8.42 Å². The first-order valence-electron chi connectivity index (χ1n) is 9.38. The molecule has 2 aromatic rings. The molecule has 2 aromatic carbocycles. The summed E-state index contributed by atoms with van der Waals surface area (Å²) in [5, 5.41) is 0.822. The zero-order valence-electron chi connectivity index (χ0n) is 16.7. The number of benzene rings is 2. The molecule has 0 radical (unpaired) electrons. The lowest BCUT2D eigenvalue weighted by molar-refractivity contribution is 0.403. The van der Waals surface area contributed by atoms with Crippen LogP contribution in [0, 0.1) is 6.92 Å². The van der Waals surface area contributed by atoms with E-state index < -0.39 is 9.84 Å². The average molecular weight is 433 g/mol. The third kappa shape index (κ3) is 4.09. The molecule has 0 amide bonds. The molecule has 6 nitrogen and oxygen atoms in total. The summed E-state index contributed by atoms with van der Waals surface area (Å²) in [6.45, 7) is 2.07. The van der Waals surface area contributed by atoms with Gasteiger partial charge >= 0.3 is 0 Å². The molecule has 8 heteroatoms. The van der Waals surface area contributed by atoms with E-state index in [0.717, 1.165) is 16.6 Å². The number of fused-ring (bicyclic) bond motifs is 1. The molecule has 0 aromatic heterocycles. The quantitative estimate of drug-likeness (QED) is 0.722. The Morgan fingerprint density at radius 3 is 2.69 bits per heavy atom. The first-order valence-corrected chi connectivity index (χ1v) is 12.2. The van der Waals surface area contributed by atoms with Crippen molar-refractivity contribution in [1.82, 2.24) is 0 Å². The number of hydrogen-bond donors (Lipinski definition) is 0. The van der Waals surface area contributed by atoms with Gasteiger partial charge in [-0.05, 0) is 24.6 Å². The van der Waals surface area contributed by atoms with Crippen LogP contribution in [0.15, 0.2) is 47.5 Å². The Morgan fingerprint density at radius 1 is 1.14 bits per heavy atom. The van der Waals surface area contributed by atoms with Gasteiger partial charge in [0.2, 0.25) is 0 Å². The largest absolute Gasteiger partial charge is 0.497 e. The molecule has 4 rings (SSSR count). The smallest absolute Gasteiger partial charge is 0.164 e. The lowest BCUT2D eigenvalue weighted by Gasteiger charge is -2.28. The second-order valence-electron chi connectivity index (χ2n) is 7.31. The van der Waals surface area contributed by atoms with E-state index >= 15 is 0 Å². The Bertz CT molecular complexity index is 1050. The van der Waals surface area contributed by atoms with Crippen LogP contribution in [0.2, 0.25) is 0 Å². The van der Waals surface area contributed by atoms with Gasteiger partial charge in [-0.2, -0.15) is 0 Å². The minimum absolute atomic E-state index is 0.0922. The van der Waals surface area contributed by atoms with Gasteiger partial charge in [0.15, 0.2) is 15.0 Å². The summed E-state index contributed by atoms with van der Waals surface area (Å²) in [6, 6.07) is 13.5. The molecule has 1 fully saturated rings. The molecule has 2 aliphatic rings. The molecule has 0 bridgehead atoms. The van der Waals surface area contributed by atoms with Gasteiger partial charge in [0.05, 0.1) is 43.5 Å². The van der Waals surface area contributed by atoms with Gasteiger partial charge in [-0.25, -0.2) is 8.42 Å². The highest BCUT2D eigenvalue weighted by atomic mass is 32.2. The van der Waals surface area contributed by atoms with Crippen molar-refractivity contribution < 1.29 is 17.9 Å². The van der Waals surface area contributed by atoms with Crippen LogP contribution in [0.1, 0.15) is 11.1 Å². The van der Waals surface area contributed by atoms with Gasteiger partial charge < -0.3 is 14.4 Å². The van der Waals surface area contributed by atoms with Gasteiger partial charge in [0.25, 0.3) is 0 Å². The van der Waals surface area contributed by atoms with Gasteiger partial charge in [-0.15, -0.1) is 0 Å². The maximum absolute atomic E-state index is 12.3. The highest BCUT2D eigenvalue weighted by Crippen LogP contribution is 2.41. The molecule has 2 atom stereocenters. The lowest BCUT2D eigenvalue weighted by Crippen LogP contribution is -2.39. The minimum atomic E-state index is -3.11. The summed E-state index contributed by atoms with van der Waals surface area (Å²) in [4.78, 5) is 6.83. The molecule has 0 spiro atoms. The lowest BCUT2D eigenvalue weighted by atomic mass is 10.1. The van der Waals surface area contributed by atoms with Crippen LogP contribution in [0.5, 0.6) is 11.5 Å². The second kappa shape index (κ2) is 7.91. The van der Waals surface area contributed by atoms with Crippen LogP contribution >= 0.6 is 11.8 Å². The average Bonchev–Trinajstić information content (AvgIpc) is 3.16. The summed E-state index contributed by atoms with van der Waals surface area (Å²) < 4.78 is 35.5. The molecule has 0 aliphatic carbocycles. The number of sulfone groups is 1. The highest BCUT2D eigenvalue weighted by Gasteiger charge is 2.47. The molecule has 0 saturated carbocycles. The van der Waals surface area contributed by atoms with Crippen molar-refractivity contribution in [1.29, 1.82) is 0 Å². The zero-order chi connectivity index (χ0) is 20.6. The number of thioether (sulfide) groups is 1. The van der Waals surface area contributed by atoms with E-state index in [1.54, 1.807) is 26.0 Å². The van der Waals surface area contributed by atoms with Crippen LogP contribution in [-0.4, -0.2) is 51.4 Å². The number of amidine groups is 1. The molecule has 29 heavy (non-hydrogen) atoms. The summed E-state index contributed by atoms with van der Waals surface area (Å²) >= 11 is 1.62. The maximum Gasteiger partial charge on any atom is 0.164 e. The monoisotopic (exact) mass is 432 g/mol. The summed E-state index contributed by atoms with van der Waals surface area (Å²) in [6.07, 6.45) is 0. The van der Waals surface area contributed by atoms with Crippen LogP contribution < -0.4 is 14.4 Å². The van der Waals surface area contributed by atoms with Crippen molar-refractivity contribution in [3.63, 3.8) is 0 Å². The van der Waals surface area contributed by atoms with E-state index in [1.807, 2.05) is 29.2 Å². The zero-order valence-corrected chi connectivity index (χ0v) is 18.3. The van der Waals surface area contributed by atoms with Crippen LogP contribution in [0.25, 0.3) is 0 Å². The van der Waals surface area contributed by atoms with E-state index in [-0.39, 0.29) is 23.6 Å². The number of methoxy groups -OCH3 is 2. The Hall–Kier alpha value is -2.19. The fourth-order valence-corrected chi connectivity index (χ4v) is 6.75. The number of anilines is 1. The summed E-state index contributed by atoms with van der Waals surface area (Å²) in [5.41, 5.74) is 3.21. The Kier molecular flexibility index (Phi) is 5.48. The van der Waals surface area contributed by atoms with Crippen molar-refractivity contribution in [3.05, 3.63) is 53.6 Å². The van der Waals surface area contributed by atoms with Crippen LogP contribution in [0.3, 0.4) is 0 Å². The number of rotatable bonds is 5. The number of aryl methyl sites for hydroxylation is 1. The Balaban J connectivity index is 1.69. The first-order chi connectivity index (χ1) is 13.9. The standard InChI is InChI=1S/C21H24N2O4S2/c1-14-5-4-6-15(9-14)11-28-21-22-17-12-29(24,25)13-19(17)23(21)18-10-16(26-2)7-8-20(18)27-3/h4-10,17,19H,11-13H2,1-3H3/t17-,19-/m1/s1. The minimum Gasteiger partial charge on any atom is -0.497 e. The van der Waals surface area contributed by atoms with Crippen LogP contribution in [0.4, 0.5) is 5.69 Å².